The Balaban J connectivity index is 2.44. The summed E-state index contributed by atoms with van der Waals surface area (Å²) in [5.41, 5.74) is 1.20. The van der Waals surface area contributed by atoms with Crippen molar-refractivity contribution in [1.29, 1.82) is 0 Å². The van der Waals surface area contributed by atoms with Crippen LogP contribution in [0.25, 0.3) is 5.82 Å². The molecule has 0 spiro atoms. The van der Waals surface area contributed by atoms with Crippen LogP contribution in [0.1, 0.15) is 38.2 Å². The van der Waals surface area contributed by atoms with Gasteiger partial charge in [-0.05, 0) is 19.5 Å². The minimum absolute atomic E-state index is 0.283. The molecule has 1 N–H and O–H groups in total. The zero-order valence-electron chi connectivity index (χ0n) is 11.2. The number of aryl methyl sites for hydroxylation is 1. The summed E-state index contributed by atoms with van der Waals surface area (Å²) in [5.74, 6) is 2.01. The summed E-state index contributed by atoms with van der Waals surface area (Å²) < 4.78 is 2.07. The average molecular weight is 244 g/mol. The molecule has 18 heavy (non-hydrogen) atoms. The van der Waals surface area contributed by atoms with E-state index in [4.69, 9.17) is 0 Å². The number of pyridine rings is 1. The second-order valence-corrected chi connectivity index (χ2v) is 4.26. The lowest BCUT2D eigenvalue weighted by atomic mass is 10.1. The molecule has 2 heterocycles. The van der Waals surface area contributed by atoms with Crippen molar-refractivity contribution in [3.63, 3.8) is 0 Å². The molecule has 96 valence electrons. The van der Waals surface area contributed by atoms with E-state index >= 15 is 0 Å². The second kappa shape index (κ2) is 5.78. The highest BCUT2D eigenvalue weighted by Crippen LogP contribution is 2.20. The number of imidazole rings is 1. The van der Waals surface area contributed by atoms with E-state index in [0.717, 1.165) is 24.6 Å². The number of aromatic nitrogens is 3. The van der Waals surface area contributed by atoms with Crippen LogP contribution in [0.2, 0.25) is 0 Å². The third-order valence-corrected chi connectivity index (χ3v) is 3.06. The van der Waals surface area contributed by atoms with Crippen molar-refractivity contribution in [3.8, 4) is 5.82 Å². The van der Waals surface area contributed by atoms with Crippen molar-refractivity contribution in [1.82, 2.24) is 19.9 Å². The van der Waals surface area contributed by atoms with Crippen LogP contribution >= 0.6 is 0 Å². The normalized spacial score (nSPS) is 12.6. The van der Waals surface area contributed by atoms with Crippen molar-refractivity contribution < 1.29 is 0 Å². The van der Waals surface area contributed by atoms with Gasteiger partial charge in [-0.3, -0.25) is 4.57 Å². The first-order valence-electron chi connectivity index (χ1n) is 6.48. The van der Waals surface area contributed by atoms with E-state index in [0.29, 0.717) is 0 Å². The zero-order chi connectivity index (χ0) is 13.0. The maximum Gasteiger partial charge on any atom is 0.142 e. The maximum atomic E-state index is 4.52. The van der Waals surface area contributed by atoms with Crippen LogP contribution in [0.3, 0.4) is 0 Å². The van der Waals surface area contributed by atoms with Gasteiger partial charge in [0, 0.05) is 36.6 Å². The molecule has 0 aliphatic carbocycles. The minimum Gasteiger partial charge on any atom is -0.310 e. The van der Waals surface area contributed by atoms with Crippen molar-refractivity contribution in [3.05, 3.63) is 42.1 Å². The first kappa shape index (κ1) is 12.8. The van der Waals surface area contributed by atoms with E-state index in [9.17, 15) is 0 Å². The first-order valence-corrected chi connectivity index (χ1v) is 6.48. The quantitative estimate of drug-likeness (QED) is 0.878. The van der Waals surface area contributed by atoms with Gasteiger partial charge in [0.05, 0.1) is 0 Å². The molecule has 0 aliphatic rings. The summed E-state index contributed by atoms with van der Waals surface area (Å²) in [6.07, 6.45) is 6.54. The third kappa shape index (κ3) is 2.43. The van der Waals surface area contributed by atoms with Crippen LogP contribution in [-0.2, 0) is 6.42 Å². The van der Waals surface area contributed by atoms with E-state index in [-0.39, 0.29) is 6.04 Å². The van der Waals surface area contributed by atoms with Crippen molar-refractivity contribution in [2.24, 2.45) is 0 Å². The summed E-state index contributed by atoms with van der Waals surface area (Å²) in [7, 11) is 0. The van der Waals surface area contributed by atoms with Gasteiger partial charge in [-0.2, -0.15) is 0 Å². The van der Waals surface area contributed by atoms with E-state index in [2.05, 4.69) is 46.7 Å². The van der Waals surface area contributed by atoms with Crippen molar-refractivity contribution in [2.75, 3.05) is 6.54 Å². The predicted molar refractivity (Wildman–Crippen MR) is 72.8 cm³/mol. The molecule has 0 amide bonds. The van der Waals surface area contributed by atoms with Crippen LogP contribution in [0, 0.1) is 0 Å². The molecule has 0 bridgehead atoms. The lowest BCUT2D eigenvalue weighted by Gasteiger charge is -2.17. The Kier molecular flexibility index (Phi) is 4.10. The standard InChI is InChI=1S/C14H20N4/c1-4-13-16-9-10-18(13)14-12(7-6-8-17-14)11(3)15-5-2/h6-11,15H,4-5H2,1-3H3. The van der Waals surface area contributed by atoms with Gasteiger partial charge < -0.3 is 5.32 Å². The van der Waals surface area contributed by atoms with Crippen molar-refractivity contribution in [2.45, 2.75) is 33.2 Å². The highest BCUT2D eigenvalue weighted by molar-refractivity contribution is 5.37. The zero-order valence-corrected chi connectivity index (χ0v) is 11.2. The van der Waals surface area contributed by atoms with Crippen LogP contribution in [0.5, 0.6) is 0 Å². The van der Waals surface area contributed by atoms with Crippen molar-refractivity contribution >= 4 is 0 Å². The van der Waals surface area contributed by atoms with E-state index in [1.165, 1.54) is 5.56 Å². The lowest BCUT2D eigenvalue weighted by Crippen LogP contribution is -2.20. The van der Waals surface area contributed by atoms with Gasteiger partial charge in [0.25, 0.3) is 0 Å². The van der Waals surface area contributed by atoms with Gasteiger partial charge in [-0.25, -0.2) is 9.97 Å². The van der Waals surface area contributed by atoms with Crippen LogP contribution < -0.4 is 5.32 Å². The van der Waals surface area contributed by atoms with Gasteiger partial charge in [-0.1, -0.05) is 19.9 Å². The topological polar surface area (TPSA) is 42.7 Å². The summed E-state index contributed by atoms with van der Waals surface area (Å²) in [6, 6.07) is 4.38. The molecule has 4 heteroatoms. The maximum absolute atomic E-state index is 4.52. The average Bonchev–Trinajstić information content (AvgIpc) is 2.87. The fourth-order valence-corrected chi connectivity index (χ4v) is 2.15. The molecule has 2 rings (SSSR count). The van der Waals surface area contributed by atoms with Crippen LogP contribution in [0.4, 0.5) is 0 Å². The summed E-state index contributed by atoms with van der Waals surface area (Å²) in [5, 5.41) is 3.43. The number of nitrogens with zero attached hydrogens (tertiary/aromatic N) is 3. The molecule has 0 aromatic carbocycles. The van der Waals surface area contributed by atoms with Gasteiger partial charge in [0.15, 0.2) is 0 Å². The molecular weight excluding hydrogens is 224 g/mol. The van der Waals surface area contributed by atoms with E-state index < -0.39 is 0 Å². The lowest BCUT2D eigenvalue weighted by molar-refractivity contribution is 0.591. The van der Waals surface area contributed by atoms with E-state index in [1.807, 2.05) is 24.7 Å². The van der Waals surface area contributed by atoms with Gasteiger partial charge in [-0.15, -0.1) is 0 Å². The Hall–Kier alpha value is -1.68. The molecule has 0 saturated carbocycles. The second-order valence-electron chi connectivity index (χ2n) is 4.26. The van der Waals surface area contributed by atoms with Crippen LogP contribution in [0.15, 0.2) is 30.7 Å². The molecule has 0 saturated heterocycles. The molecule has 4 nitrogen and oxygen atoms in total. The summed E-state index contributed by atoms with van der Waals surface area (Å²) >= 11 is 0. The Bertz CT molecular complexity index is 504. The Labute approximate surface area is 108 Å². The molecule has 0 fully saturated rings. The molecular formula is C14H20N4. The fourth-order valence-electron chi connectivity index (χ4n) is 2.15. The first-order chi connectivity index (χ1) is 8.77. The highest BCUT2D eigenvalue weighted by atomic mass is 15.1. The molecule has 2 aromatic heterocycles. The van der Waals surface area contributed by atoms with Gasteiger partial charge >= 0.3 is 0 Å². The largest absolute Gasteiger partial charge is 0.310 e. The van der Waals surface area contributed by atoms with E-state index in [1.54, 1.807) is 0 Å². The highest BCUT2D eigenvalue weighted by Gasteiger charge is 2.13. The Morgan fingerprint density at radius 2 is 2.11 bits per heavy atom. The third-order valence-electron chi connectivity index (χ3n) is 3.06. The Morgan fingerprint density at radius 1 is 1.28 bits per heavy atom. The number of rotatable bonds is 5. The Morgan fingerprint density at radius 3 is 2.83 bits per heavy atom. The molecule has 0 radical (unpaired) electrons. The molecule has 0 aliphatic heterocycles. The summed E-state index contributed by atoms with van der Waals surface area (Å²) in [4.78, 5) is 8.88. The fraction of sp³-hybridized carbons (Fsp3) is 0.429. The minimum atomic E-state index is 0.283. The van der Waals surface area contributed by atoms with Gasteiger partial charge in [0.1, 0.15) is 11.6 Å². The molecule has 2 aromatic rings. The molecule has 1 atom stereocenters. The smallest absolute Gasteiger partial charge is 0.142 e. The van der Waals surface area contributed by atoms with Gasteiger partial charge in [0.2, 0.25) is 0 Å². The number of hydrogen-bond donors (Lipinski definition) is 1. The van der Waals surface area contributed by atoms with Crippen LogP contribution in [-0.4, -0.2) is 21.1 Å². The monoisotopic (exact) mass is 244 g/mol. The predicted octanol–water partition coefficient (Wildman–Crippen LogP) is 2.50. The summed E-state index contributed by atoms with van der Waals surface area (Å²) in [6.45, 7) is 7.32. The number of nitrogens with one attached hydrogen (secondary N) is 1. The number of hydrogen-bond acceptors (Lipinski definition) is 3. The molecule has 1 unspecified atom stereocenters. The SMILES string of the molecule is CCNC(C)c1cccnc1-n1ccnc1CC.